The van der Waals surface area contributed by atoms with Crippen LogP contribution in [0.5, 0.6) is 0 Å². The van der Waals surface area contributed by atoms with Crippen molar-refractivity contribution >= 4 is 46.0 Å². The van der Waals surface area contributed by atoms with Gasteiger partial charge in [0.2, 0.25) is 17.6 Å². The van der Waals surface area contributed by atoms with E-state index in [2.05, 4.69) is 36.2 Å². The van der Waals surface area contributed by atoms with E-state index >= 15 is 0 Å². The van der Waals surface area contributed by atoms with Gasteiger partial charge in [-0.2, -0.15) is 20.2 Å². The molecule has 2 aromatic carbocycles. The second-order valence-corrected chi connectivity index (χ2v) is 11.9. The maximum absolute atomic E-state index is 13.4. The van der Waals surface area contributed by atoms with Crippen LogP contribution in [-0.4, -0.2) is 50.1 Å². The van der Waals surface area contributed by atoms with E-state index < -0.39 is 0 Å². The van der Waals surface area contributed by atoms with Crippen LogP contribution in [-0.2, 0) is 50.9 Å². The van der Waals surface area contributed by atoms with Crippen molar-refractivity contribution in [3.63, 3.8) is 0 Å². The zero-order chi connectivity index (χ0) is 34.4. The van der Waals surface area contributed by atoms with E-state index in [0.717, 1.165) is 58.4 Å². The fourth-order valence-corrected chi connectivity index (χ4v) is 6.30. The number of aryl methyl sites for hydroxylation is 8. The highest BCUT2D eigenvalue weighted by Gasteiger charge is 2.17. The minimum atomic E-state index is -0.332. The van der Waals surface area contributed by atoms with E-state index in [-0.39, 0.29) is 5.91 Å². The van der Waals surface area contributed by atoms with Gasteiger partial charge in [0.15, 0.2) is 0 Å². The molecule has 0 spiro atoms. The maximum atomic E-state index is 13.4. The highest BCUT2D eigenvalue weighted by Crippen LogP contribution is 2.21. The summed E-state index contributed by atoms with van der Waals surface area (Å²) in [5.74, 6) is 0.0137. The fourth-order valence-electron chi connectivity index (χ4n) is 6.09. The van der Waals surface area contributed by atoms with E-state index in [9.17, 15) is 9.59 Å². The molecule has 2 amide bonds. The van der Waals surface area contributed by atoms with E-state index in [1.807, 2.05) is 103 Å². The van der Waals surface area contributed by atoms with Gasteiger partial charge in [0, 0.05) is 52.4 Å². The van der Waals surface area contributed by atoms with Crippen LogP contribution < -0.4 is 11.2 Å². The van der Waals surface area contributed by atoms with Crippen LogP contribution in [0.3, 0.4) is 0 Å². The van der Waals surface area contributed by atoms with Gasteiger partial charge in [0.1, 0.15) is 5.69 Å². The first-order valence-corrected chi connectivity index (χ1v) is 16.7. The molecule has 4 heterocycles. The summed E-state index contributed by atoms with van der Waals surface area (Å²) in [5, 5.41) is 8.56. The summed E-state index contributed by atoms with van der Waals surface area (Å²) in [6.07, 6.45) is 4.19. The first-order chi connectivity index (χ1) is 23.2. The molecule has 0 radical (unpaired) electrons. The molecule has 252 valence electrons. The SMILES string of the molecule is CCn1ccc(C)n1.CCn1nc(C)cc1C(=O)/N=c1\n(C)c2cccc(CCl)c2n1CCCCn1c(=NC=O)n(C)c2ccccc21. The van der Waals surface area contributed by atoms with Crippen LogP contribution >= 0.6 is 11.6 Å². The van der Waals surface area contributed by atoms with Gasteiger partial charge < -0.3 is 18.3 Å². The molecule has 0 saturated heterocycles. The van der Waals surface area contributed by atoms with Crippen molar-refractivity contribution in [2.45, 2.75) is 72.6 Å². The standard InChI is InChI=1S/C29H33ClN8O2.C6H10N2/c1-5-38-25(17-20(2)33-38)27(40)32-29-35(4)24-14-10-11-21(18-30)26(24)37(29)16-9-8-15-36-23-13-7-6-12-22(23)34(3)28(36)31-19-39;1-3-8-5-4-6(2)7-8/h6-7,10-14,17,19H,5,8-9,15-16,18H2,1-4H3;4-5H,3H2,1-2H3/b31-28?,32-29+;. The van der Waals surface area contributed by atoms with Crippen molar-refractivity contribution in [3.8, 4) is 0 Å². The van der Waals surface area contributed by atoms with Crippen LogP contribution in [0.1, 0.15) is 54.1 Å². The molecule has 6 rings (SSSR count). The van der Waals surface area contributed by atoms with Crippen molar-refractivity contribution < 1.29 is 9.59 Å². The molecule has 0 bridgehead atoms. The Morgan fingerprint density at radius 1 is 0.833 bits per heavy atom. The van der Waals surface area contributed by atoms with Crippen molar-refractivity contribution in [2.75, 3.05) is 0 Å². The molecule has 0 aliphatic heterocycles. The fraction of sp³-hybridized carbons (Fsp3) is 0.371. The van der Waals surface area contributed by atoms with E-state index in [0.29, 0.717) is 48.9 Å². The average molecular weight is 671 g/mol. The number of unbranched alkanes of at least 4 members (excludes halogenated alkanes) is 1. The summed E-state index contributed by atoms with van der Waals surface area (Å²) < 4.78 is 11.6. The third kappa shape index (κ3) is 6.98. The predicted octanol–water partition coefficient (Wildman–Crippen LogP) is 5.03. The maximum Gasteiger partial charge on any atom is 0.298 e. The van der Waals surface area contributed by atoms with Gasteiger partial charge in [-0.05, 0) is 76.4 Å². The Bertz CT molecular complexity index is 2210. The summed E-state index contributed by atoms with van der Waals surface area (Å²) in [7, 11) is 3.84. The minimum absolute atomic E-state index is 0.332. The number of nitrogens with zero attached hydrogens (tertiary/aromatic N) is 10. The number of para-hydroxylation sites is 3. The Hall–Kier alpha value is -4.97. The van der Waals surface area contributed by atoms with E-state index in [1.54, 1.807) is 10.7 Å². The third-order valence-corrected chi connectivity index (χ3v) is 8.68. The molecule has 12 nitrogen and oxygen atoms in total. The van der Waals surface area contributed by atoms with Crippen molar-refractivity contribution in [1.29, 1.82) is 0 Å². The Labute approximate surface area is 284 Å². The van der Waals surface area contributed by atoms with E-state index in [4.69, 9.17) is 11.6 Å². The zero-order valence-electron chi connectivity index (χ0n) is 28.5. The number of carbonyl (C=O) groups is 2. The number of halogens is 1. The minimum Gasteiger partial charge on any atom is -0.313 e. The number of hydrogen-bond acceptors (Lipinski definition) is 4. The smallest absolute Gasteiger partial charge is 0.298 e. The number of alkyl halides is 1. The normalized spacial score (nSPS) is 12.2. The summed E-state index contributed by atoms with van der Waals surface area (Å²) >= 11 is 6.35. The average Bonchev–Trinajstić information content (AvgIpc) is 3.84. The molecule has 0 atom stereocenters. The summed E-state index contributed by atoms with van der Waals surface area (Å²) in [6.45, 7) is 10.8. The van der Waals surface area contributed by atoms with Gasteiger partial charge in [0.05, 0.1) is 33.5 Å². The lowest BCUT2D eigenvalue weighted by Gasteiger charge is -2.09. The predicted molar refractivity (Wildman–Crippen MR) is 187 cm³/mol. The zero-order valence-corrected chi connectivity index (χ0v) is 29.2. The number of carbonyl (C=O) groups excluding carboxylic acids is 2. The van der Waals surface area contributed by atoms with Crippen LogP contribution in [0.15, 0.2) is 70.8 Å². The quantitative estimate of drug-likeness (QED) is 0.116. The third-order valence-electron chi connectivity index (χ3n) is 8.39. The lowest BCUT2D eigenvalue weighted by atomic mass is 10.2. The summed E-state index contributed by atoms with van der Waals surface area (Å²) in [6, 6.07) is 17.8. The molecular formula is C35H43ClN10O2. The number of hydrogen-bond donors (Lipinski definition) is 0. The highest BCUT2D eigenvalue weighted by atomic mass is 35.5. The number of imidazole rings is 2. The summed E-state index contributed by atoms with van der Waals surface area (Å²) in [4.78, 5) is 33.3. The first kappa shape index (κ1) is 34.4. The summed E-state index contributed by atoms with van der Waals surface area (Å²) in [5.41, 5.74) is 8.46. The van der Waals surface area contributed by atoms with Crippen LogP contribution in [0.4, 0.5) is 0 Å². The Balaban J connectivity index is 0.000000494. The van der Waals surface area contributed by atoms with Crippen molar-refractivity contribution in [2.24, 2.45) is 24.1 Å². The molecule has 0 unspecified atom stereocenters. The van der Waals surface area contributed by atoms with Gasteiger partial charge in [-0.3, -0.25) is 19.0 Å². The second-order valence-electron chi connectivity index (χ2n) is 11.6. The number of amides is 2. The van der Waals surface area contributed by atoms with Gasteiger partial charge in [-0.25, -0.2) is 0 Å². The molecule has 13 heteroatoms. The first-order valence-electron chi connectivity index (χ1n) is 16.2. The van der Waals surface area contributed by atoms with Gasteiger partial charge in [-0.1, -0.05) is 24.3 Å². The topological polar surface area (TPSA) is 114 Å². The van der Waals surface area contributed by atoms with Crippen LogP contribution in [0, 0.1) is 13.8 Å². The lowest BCUT2D eigenvalue weighted by molar-refractivity contribution is -0.107. The Morgan fingerprint density at radius 3 is 2.15 bits per heavy atom. The Kier molecular flexibility index (Phi) is 10.9. The molecule has 48 heavy (non-hydrogen) atoms. The molecule has 0 N–H and O–H groups in total. The molecule has 4 aromatic heterocycles. The molecular weight excluding hydrogens is 628 g/mol. The molecule has 0 aliphatic carbocycles. The molecule has 0 fully saturated rings. The molecule has 6 aromatic rings. The highest BCUT2D eigenvalue weighted by molar-refractivity contribution is 6.17. The number of fused-ring (bicyclic) bond motifs is 2. The van der Waals surface area contributed by atoms with Gasteiger partial charge >= 0.3 is 0 Å². The molecule has 0 aliphatic rings. The molecule has 0 saturated carbocycles. The number of benzene rings is 2. The van der Waals surface area contributed by atoms with E-state index in [1.165, 1.54) is 0 Å². The van der Waals surface area contributed by atoms with Gasteiger partial charge in [0.25, 0.3) is 5.91 Å². The Morgan fingerprint density at radius 2 is 1.52 bits per heavy atom. The van der Waals surface area contributed by atoms with Gasteiger partial charge in [-0.15, -0.1) is 11.6 Å². The second kappa shape index (κ2) is 15.3. The number of rotatable bonds is 10. The largest absolute Gasteiger partial charge is 0.313 e. The van der Waals surface area contributed by atoms with Crippen LogP contribution in [0.2, 0.25) is 0 Å². The monoisotopic (exact) mass is 670 g/mol. The number of aromatic nitrogens is 8. The van der Waals surface area contributed by atoms with Crippen molar-refractivity contribution in [3.05, 3.63) is 94.7 Å². The van der Waals surface area contributed by atoms with Crippen LogP contribution in [0.25, 0.3) is 22.1 Å². The van der Waals surface area contributed by atoms with Crippen molar-refractivity contribution in [1.82, 2.24) is 37.8 Å². The lowest BCUT2D eigenvalue weighted by Crippen LogP contribution is -2.27.